The maximum atomic E-state index is 11.7. The van der Waals surface area contributed by atoms with Crippen molar-refractivity contribution in [2.75, 3.05) is 40.3 Å². The van der Waals surface area contributed by atoms with Crippen LogP contribution in [0.4, 0.5) is 0 Å². The van der Waals surface area contributed by atoms with E-state index in [0.29, 0.717) is 12.3 Å². The quantitative estimate of drug-likeness (QED) is 0.634. The topological polar surface area (TPSA) is 32.8 Å². The lowest BCUT2D eigenvalue weighted by molar-refractivity contribution is -0.155. The summed E-state index contributed by atoms with van der Waals surface area (Å²) in [5.74, 6) is 0.506. The summed E-state index contributed by atoms with van der Waals surface area (Å²) >= 11 is 0. The second kappa shape index (κ2) is 8.54. The number of esters is 1. The summed E-state index contributed by atoms with van der Waals surface area (Å²) in [6, 6.07) is 0. The molecule has 0 bridgehead atoms. The molecule has 0 aromatic carbocycles. The van der Waals surface area contributed by atoms with Crippen molar-refractivity contribution < 1.29 is 9.53 Å². The Balaban J connectivity index is 4.13. The summed E-state index contributed by atoms with van der Waals surface area (Å²) < 4.78 is 5.34. The predicted octanol–water partition coefficient (Wildman–Crippen LogP) is 2.24. The molecule has 0 amide bonds. The SMILES string of the molecule is CC(C)CN(CCC(=O)OC(C)(C)C)CCN(C)C. The number of carbonyl (C=O) groups excluding carboxylic acids is 1. The van der Waals surface area contributed by atoms with Gasteiger partial charge in [-0.05, 0) is 40.8 Å². The van der Waals surface area contributed by atoms with Gasteiger partial charge in [-0.3, -0.25) is 4.79 Å². The molecule has 0 atom stereocenters. The van der Waals surface area contributed by atoms with Crippen LogP contribution in [-0.2, 0) is 9.53 Å². The fourth-order valence-corrected chi connectivity index (χ4v) is 1.79. The molecule has 4 heteroatoms. The van der Waals surface area contributed by atoms with E-state index in [1.807, 2.05) is 20.8 Å². The van der Waals surface area contributed by atoms with Crippen molar-refractivity contribution >= 4 is 5.97 Å². The highest BCUT2D eigenvalue weighted by atomic mass is 16.6. The first-order chi connectivity index (χ1) is 8.60. The van der Waals surface area contributed by atoms with Gasteiger partial charge in [-0.1, -0.05) is 13.8 Å². The van der Waals surface area contributed by atoms with Crippen molar-refractivity contribution in [1.82, 2.24) is 9.80 Å². The summed E-state index contributed by atoms with van der Waals surface area (Å²) in [7, 11) is 4.14. The average molecular weight is 272 g/mol. The van der Waals surface area contributed by atoms with Crippen molar-refractivity contribution in [2.24, 2.45) is 5.92 Å². The number of carbonyl (C=O) groups is 1. The smallest absolute Gasteiger partial charge is 0.307 e. The summed E-state index contributed by atoms with van der Waals surface area (Å²) in [4.78, 5) is 16.2. The van der Waals surface area contributed by atoms with Gasteiger partial charge in [0.05, 0.1) is 6.42 Å². The third-order valence-corrected chi connectivity index (χ3v) is 2.54. The van der Waals surface area contributed by atoms with Crippen LogP contribution in [0.5, 0.6) is 0 Å². The van der Waals surface area contributed by atoms with E-state index in [1.165, 1.54) is 0 Å². The molecule has 19 heavy (non-hydrogen) atoms. The number of hydrogen-bond donors (Lipinski definition) is 0. The molecule has 0 N–H and O–H groups in total. The minimum Gasteiger partial charge on any atom is -0.460 e. The van der Waals surface area contributed by atoms with Crippen LogP contribution in [0, 0.1) is 5.92 Å². The number of ether oxygens (including phenoxy) is 1. The molecule has 0 unspecified atom stereocenters. The number of hydrogen-bond acceptors (Lipinski definition) is 4. The second-order valence-electron chi connectivity index (χ2n) is 6.83. The number of nitrogens with zero attached hydrogens (tertiary/aromatic N) is 2. The summed E-state index contributed by atoms with van der Waals surface area (Å²) in [6.45, 7) is 13.9. The molecule has 0 radical (unpaired) electrons. The highest BCUT2D eigenvalue weighted by molar-refractivity contribution is 5.70. The first-order valence-corrected chi connectivity index (χ1v) is 7.19. The maximum absolute atomic E-state index is 11.7. The van der Waals surface area contributed by atoms with Crippen molar-refractivity contribution in [3.8, 4) is 0 Å². The molecule has 0 aromatic rings. The Hall–Kier alpha value is -0.610. The van der Waals surface area contributed by atoms with E-state index >= 15 is 0 Å². The first-order valence-electron chi connectivity index (χ1n) is 7.19. The molecule has 0 spiro atoms. The van der Waals surface area contributed by atoms with Crippen molar-refractivity contribution in [3.63, 3.8) is 0 Å². The lowest BCUT2D eigenvalue weighted by Crippen LogP contribution is -2.36. The highest BCUT2D eigenvalue weighted by Crippen LogP contribution is 2.09. The Kier molecular flexibility index (Phi) is 8.26. The number of rotatable bonds is 8. The molecule has 4 nitrogen and oxygen atoms in total. The zero-order valence-corrected chi connectivity index (χ0v) is 13.8. The molecular weight excluding hydrogens is 240 g/mol. The second-order valence-corrected chi connectivity index (χ2v) is 6.83. The van der Waals surface area contributed by atoms with Crippen molar-refractivity contribution in [3.05, 3.63) is 0 Å². The van der Waals surface area contributed by atoms with Crippen LogP contribution in [0.2, 0.25) is 0 Å². The highest BCUT2D eigenvalue weighted by Gasteiger charge is 2.17. The van der Waals surface area contributed by atoms with E-state index in [1.54, 1.807) is 0 Å². The summed E-state index contributed by atoms with van der Waals surface area (Å²) in [6.07, 6.45) is 0.470. The van der Waals surface area contributed by atoms with Gasteiger partial charge in [-0.25, -0.2) is 0 Å². The van der Waals surface area contributed by atoms with E-state index < -0.39 is 0 Å². The van der Waals surface area contributed by atoms with E-state index in [4.69, 9.17) is 4.74 Å². The standard InChI is InChI=1S/C15H32N2O2/c1-13(2)12-17(11-10-16(6)7)9-8-14(18)19-15(3,4)5/h13H,8-12H2,1-7H3. The molecular formula is C15H32N2O2. The molecule has 0 aliphatic rings. The van der Waals surface area contributed by atoms with Crippen LogP contribution in [-0.4, -0.2) is 61.6 Å². The van der Waals surface area contributed by atoms with Gasteiger partial charge < -0.3 is 14.5 Å². The third-order valence-electron chi connectivity index (χ3n) is 2.54. The first kappa shape index (κ1) is 18.4. The van der Waals surface area contributed by atoms with Gasteiger partial charge in [-0.15, -0.1) is 0 Å². The van der Waals surface area contributed by atoms with Crippen LogP contribution in [0.15, 0.2) is 0 Å². The Morgan fingerprint density at radius 3 is 2.11 bits per heavy atom. The van der Waals surface area contributed by atoms with E-state index in [0.717, 1.165) is 26.2 Å². The van der Waals surface area contributed by atoms with Gasteiger partial charge in [0, 0.05) is 26.2 Å². The zero-order valence-electron chi connectivity index (χ0n) is 13.8. The Morgan fingerprint density at radius 2 is 1.68 bits per heavy atom. The van der Waals surface area contributed by atoms with Gasteiger partial charge in [0.15, 0.2) is 0 Å². The predicted molar refractivity (Wildman–Crippen MR) is 80.3 cm³/mol. The fourth-order valence-electron chi connectivity index (χ4n) is 1.79. The van der Waals surface area contributed by atoms with Crippen molar-refractivity contribution in [1.29, 1.82) is 0 Å². The summed E-state index contributed by atoms with van der Waals surface area (Å²) in [5.41, 5.74) is -0.385. The summed E-state index contributed by atoms with van der Waals surface area (Å²) in [5, 5.41) is 0. The van der Waals surface area contributed by atoms with Crippen LogP contribution in [0.1, 0.15) is 41.0 Å². The molecule has 0 fully saturated rings. The normalized spacial score (nSPS) is 12.5. The average Bonchev–Trinajstić information content (AvgIpc) is 2.18. The van der Waals surface area contributed by atoms with Gasteiger partial charge in [0.1, 0.15) is 5.60 Å². The van der Waals surface area contributed by atoms with Gasteiger partial charge >= 0.3 is 5.97 Å². The lowest BCUT2D eigenvalue weighted by Gasteiger charge is -2.26. The largest absolute Gasteiger partial charge is 0.460 e. The molecule has 0 heterocycles. The van der Waals surface area contributed by atoms with Gasteiger partial charge in [0.2, 0.25) is 0 Å². The molecule has 0 aromatic heterocycles. The van der Waals surface area contributed by atoms with Crippen LogP contribution < -0.4 is 0 Å². The molecule has 0 saturated heterocycles. The minimum absolute atomic E-state index is 0.105. The Bertz CT molecular complexity index is 257. The van der Waals surface area contributed by atoms with E-state index in [9.17, 15) is 4.79 Å². The lowest BCUT2D eigenvalue weighted by atomic mass is 10.2. The fraction of sp³-hybridized carbons (Fsp3) is 0.933. The maximum Gasteiger partial charge on any atom is 0.307 e. The van der Waals surface area contributed by atoms with Crippen LogP contribution >= 0.6 is 0 Å². The molecule has 0 rings (SSSR count). The van der Waals surface area contributed by atoms with Gasteiger partial charge in [0.25, 0.3) is 0 Å². The van der Waals surface area contributed by atoms with Crippen molar-refractivity contribution in [2.45, 2.75) is 46.6 Å². The molecule has 0 aliphatic carbocycles. The Morgan fingerprint density at radius 1 is 1.11 bits per heavy atom. The van der Waals surface area contributed by atoms with E-state index in [-0.39, 0.29) is 11.6 Å². The zero-order chi connectivity index (χ0) is 15.1. The third kappa shape index (κ3) is 12.2. The minimum atomic E-state index is -0.385. The number of likely N-dealkylation sites (N-methyl/N-ethyl adjacent to an activating group) is 1. The van der Waals surface area contributed by atoms with E-state index in [2.05, 4.69) is 37.7 Å². The molecule has 0 aliphatic heterocycles. The Labute approximate surface area is 119 Å². The monoisotopic (exact) mass is 272 g/mol. The van der Waals surface area contributed by atoms with Crippen LogP contribution in [0.25, 0.3) is 0 Å². The molecule has 0 saturated carbocycles. The van der Waals surface area contributed by atoms with Crippen LogP contribution in [0.3, 0.4) is 0 Å². The van der Waals surface area contributed by atoms with Gasteiger partial charge in [-0.2, -0.15) is 0 Å². The molecule has 114 valence electrons.